The van der Waals surface area contributed by atoms with Crippen LogP contribution in [0.4, 0.5) is 0 Å². The molecular formula is C10H8ClNO2. The van der Waals surface area contributed by atoms with Crippen LogP contribution in [0.5, 0.6) is 0 Å². The predicted octanol–water partition coefficient (Wildman–Crippen LogP) is 2.06. The molecule has 1 rings (SSSR count). The number of carbonyl (C=O) groups is 2. The highest BCUT2D eigenvalue weighted by molar-refractivity contribution is 6.66. The zero-order valence-electron chi connectivity index (χ0n) is 7.53. The fourth-order valence-electron chi connectivity index (χ4n) is 0.874. The van der Waals surface area contributed by atoms with E-state index >= 15 is 0 Å². The Bertz CT molecular complexity index is 382. The van der Waals surface area contributed by atoms with Gasteiger partial charge in [-0.1, -0.05) is 6.07 Å². The maximum atomic E-state index is 10.9. The zero-order valence-corrected chi connectivity index (χ0v) is 8.28. The maximum absolute atomic E-state index is 10.9. The minimum absolute atomic E-state index is 0.0889. The first-order chi connectivity index (χ1) is 6.59. The van der Waals surface area contributed by atoms with E-state index in [-0.39, 0.29) is 5.78 Å². The monoisotopic (exact) mass is 209 g/mol. The zero-order chi connectivity index (χ0) is 10.6. The quantitative estimate of drug-likeness (QED) is 0.435. The van der Waals surface area contributed by atoms with Crippen molar-refractivity contribution >= 4 is 28.7 Å². The maximum Gasteiger partial charge on any atom is 0.245 e. The highest BCUT2D eigenvalue weighted by Gasteiger charge is 1.98. The van der Waals surface area contributed by atoms with Crippen LogP contribution in [0, 0.1) is 0 Å². The van der Waals surface area contributed by atoms with Gasteiger partial charge in [-0.25, -0.2) is 0 Å². The molecular weight excluding hydrogens is 202 g/mol. The first-order valence-corrected chi connectivity index (χ1v) is 4.32. The van der Waals surface area contributed by atoms with Crippen LogP contribution in [-0.2, 0) is 4.79 Å². The van der Waals surface area contributed by atoms with E-state index in [1.807, 2.05) is 0 Å². The van der Waals surface area contributed by atoms with E-state index in [2.05, 4.69) is 4.98 Å². The van der Waals surface area contributed by atoms with Crippen molar-refractivity contribution in [2.75, 3.05) is 0 Å². The summed E-state index contributed by atoms with van der Waals surface area (Å²) >= 11 is 5.11. The number of Topliss-reactive ketones (excluding diaryl/α,β-unsaturated/α-hetero) is 1. The lowest BCUT2D eigenvalue weighted by Crippen LogP contribution is -1.95. The van der Waals surface area contributed by atoms with Crippen LogP contribution >= 0.6 is 11.6 Å². The van der Waals surface area contributed by atoms with Crippen molar-refractivity contribution in [3.8, 4) is 0 Å². The molecule has 0 aromatic carbocycles. The van der Waals surface area contributed by atoms with Gasteiger partial charge < -0.3 is 0 Å². The molecule has 0 aliphatic carbocycles. The molecule has 0 saturated carbocycles. The van der Waals surface area contributed by atoms with Crippen LogP contribution < -0.4 is 0 Å². The molecule has 1 aromatic heterocycles. The predicted molar refractivity (Wildman–Crippen MR) is 54.1 cm³/mol. The molecule has 1 heterocycles. The highest BCUT2D eigenvalue weighted by atomic mass is 35.5. The van der Waals surface area contributed by atoms with Gasteiger partial charge in [0.05, 0.1) is 0 Å². The number of allylic oxidation sites excluding steroid dienone is 1. The Morgan fingerprint density at radius 1 is 1.43 bits per heavy atom. The molecule has 0 amide bonds. The summed E-state index contributed by atoms with van der Waals surface area (Å²) in [7, 11) is 0. The van der Waals surface area contributed by atoms with E-state index in [0.29, 0.717) is 5.69 Å². The number of rotatable bonds is 3. The number of ketones is 1. The fourth-order valence-corrected chi connectivity index (χ4v) is 0.937. The van der Waals surface area contributed by atoms with Gasteiger partial charge in [0.1, 0.15) is 5.69 Å². The molecule has 0 unspecified atom stereocenters. The normalized spacial score (nSPS) is 10.4. The molecule has 0 atom stereocenters. The van der Waals surface area contributed by atoms with Gasteiger partial charge in [0.2, 0.25) is 5.24 Å². The lowest BCUT2D eigenvalue weighted by Gasteiger charge is -1.94. The summed E-state index contributed by atoms with van der Waals surface area (Å²) in [5.41, 5.74) is 1.13. The summed E-state index contributed by atoms with van der Waals surface area (Å²) < 4.78 is 0. The molecule has 0 N–H and O–H groups in total. The lowest BCUT2D eigenvalue weighted by atomic mass is 10.2. The van der Waals surface area contributed by atoms with Gasteiger partial charge in [0.15, 0.2) is 5.78 Å². The first kappa shape index (κ1) is 10.6. The van der Waals surface area contributed by atoms with Crippen LogP contribution in [0.2, 0.25) is 0 Å². The lowest BCUT2D eigenvalue weighted by molar-refractivity contribution is -0.107. The van der Waals surface area contributed by atoms with Crippen LogP contribution in [0.15, 0.2) is 24.4 Å². The summed E-state index contributed by atoms with van der Waals surface area (Å²) in [6.45, 7) is 1.44. The molecule has 0 bridgehead atoms. The second kappa shape index (κ2) is 4.67. The number of halogens is 1. The SMILES string of the molecule is CC(=O)c1ccc(/C=C/C(=O)Cl)cn1. The number of nitrogens with zero attached hydrogens (tertiary/aromatic N) is 1. The molecule has 0 radical (unpaired) electrons. The number of hydrogen-bond acceptors (Lipinski definition) is 3. The molecule has 0 aliphatic rings. The molecule has 14 heavy (non-hydrogen) atoms. The minimum atomic E-state index is -0.541. The Kier molecular flexibility index (Phi) is 3.54. The average molecular weight is 210 g/mol. The summed E-state index contributed by atoms with van der Waals surface area (Å²) in [6, 6.07) is 3.29. The Morgan fingerprint density at radius 3 is 2.57 bits per heavy atom. The molecule has 0 fully saturated rings. The molecule has 0 spiro atoms. The van der Waals surface area contributed by atoms with Gasteiger partial charge in [0, 0.05) is 13.1 Å². The van der Waals surface area contributed by atoms with Crippen LogP contribution in [0.25, 0.3) is 6.08 Å². The molecule has 4 heteroatoms. The topological polar surface area (TPSA) is 47.0 Å². The van der Waals surface area contributed by atoms with Crippen LogP contribution in [0.1, 0.15) is 23.0 Å². The molecule has 0 aliphatic heterocycles. The molecule has 3 nitrogen and oxygen atoms in total. The van der Waals surface area contributed by atoms with Crippen LogP contribution in [-0.4, -0.2) is 16.0 Å². The second-order valence-electron chi connectivity index (χ2n) is 2.67. The smallest absolute Gasteiger partial charge is 0.245 e. The van der Waals surface area contributed by atoms with Gasteiger partial charge in [-0.15, -0.1) is 0 Å². The van der Waals surface area contributed by atoms with Gasteiger partial charge in [-0.2, -0.15) is 0 Å². The Morgan fingerprint density at radius 2 is 2.14 bits per heavy atom. The van der Waals surface area contributed by atoms with E-state index < -0.39 is 5.24 Å². The molecule has 72 valence electrons. The van der Waals surface area contributed by atoms with E-state index in [4.69, 9.17) is 11.6 Å². The van der Waals surface area contributed by atoms with E-state index in [1.54, 1.807) is 12.1 Å². The van der Waals surface area contributed by atoms with Crippen molar-refractivity contribution in [1.29, 1.82) is 0 Å². The van der Waals surface area contributed by atoms with E-state index in [0.717, 1.165) is 5.56 Å². The Balaban J connectivity index is 2.83. The number of hydrogen-bond donors (Lipinski definition) is 0. The van der Waals surface area contributed by atoms with Gasteiger partial charge in [-0.3, -0.25) is 14.6 Å². The minimum Gasteiger partial charge on any atom is -0.293 e. The van der Waals surface area contributed by atoms with Crippen molar-refractivity contribution in [3.63, 3.8) is 0 Å². The van der Waals surface area contributed by atoms with Crippen molar-refractivity contribution in [2.24, 2.45) is 0 Å². The van der Waals surface area contributed by atoms with Gasteiger partial charge >= 0.3 is 0 Å². The summed E-state index contributed by atoms with van der Waals surface area (Å²) in [4.78, 5) is 25.2. The van der Waals surface area contributed by atoms with Gasteiger partial charge in [0.25, 0.3) is 0 Å². The molecule has 0 saturated heterocycles. The fraction of sp³-hybridized carbons (Fsp3) is 0.100. The van der Waals surface area contributed by atoms with Gasteiger partial charge in [-0.05, 0) is 35.4 Å². The van der Waals surface area contributed by atoms with Crippen molar-refractivity contribution in [2.45, 2.75) is 6.92 Å². The number of carbonyl (C=O) groups excluding carboxylic acids is 2. The summed E-state index contributed by atoms with van der Waals surface area (Å²) in [5.74, 6) is -0.0889. The summed E-state index contributed by atoms with van der Waals surface area (Å²) in [5, 5.41) is -0.541. The highest BCUT2D eigenvalue weighted by Crippen LogP contribution is 2.03. The third-order valence-electron chi connectivity index (χ3n) is 1.55. The number of pyridine rings is 1. The van der Waals surface area contributed by atoms with Crippen molar-refractivity contribution in [1.82, 2.24) is 4.98 Å². The Hall–Kier alpha value is -1.48. The number of aromatic nitrogens is 1. The standard InChI is InChI=1S/C10H8ClNO2/c1-7(13)9-4-2-8(6-12-9)3-5-10(11)14/h2-6H,1H3/b5-3+. The average Bonchev–Trinajstić information content (AvgIpc) is 2.15. The van der Waals surface area contributed by atoms with E-state index in [9.17, 15) is 9.59 Å². The van der Waals surface area contributed by atoms with Crippen LogP contribution in [0.3, 0.4) is 0 Å². The second-order valence-corrected chi connectivity index (χ2v) is 3.04. The molecule has 1 aromatic rings. The first-order valence-electron chi connectivity index (χ1n) is 3.94. The van der Waals surface area contributed by atoms with Crippen molar-refractivity contribution < 1.29 is 9.59 Å². The van der Waals surface area contributed by atoms with E-state index in [1.165, 1.54) is 25.3 Å². The third-order valence-corrected chi connectivity index (χ3v) is 1.68. The Labute approximate surface area is 86.4 Å². The van der Waals surface area contributed by atoms with Crippen molar-refractivity contribution in [3.05, 3.63) is 35.7 Å². The summed E-state index contributed by atoms with van der Waals surface area (Å²) in [6.07, 6.45) is 4.27. The largest absolute Gasteiger partial charge is 0.293 e. The third kappa shape index (κ3) is 3.11.